The largest absolute Gasteiger partial charge is 0.467 e. The first-order valence-electron chi connectivity index (χ1n) is 23.5. The molecule has 2 saturated heterocycles. The SMILES string of the molecule is CC[C@H](C)[C@@H](OC(=O)[C@H](Cc1ccccc1)N(C)C)C(=O)N1CCC[C@H]1C(=O)NCC(=O)N(C)[C@@H](CC(C)C)C(=O)N[C@@H](C)C(=O)N(C)[C@H](Cc1ccccc1)C(=O)N1CCC[C@H]1C(=O)OC. The van der Waals surface area contributed by atoms with Crippen molar-refractivity contribution in [2.45, 2.75) is 128 Å². The number of carbonyl (C=O) groups is 8. The smallest absolute Gasteiger partial charge is 0.328 e. The van der Waals surface area contributed by atoms with Gasteiger partial charge in [0.05, 0.1) is 13.7 Å². The quantitative estimate of drug-likeness (QED) is 0.165. The number of carbonyl (C=O) groups excluding carboxylic acids is 8. The summed E-state index contributed by atoms with van der Waals surface area (Å²) >= 11 is 0. The van der Waals surface area contributed by atoms with E-state index in [1.165, 1.54) is 47.7 Å². The minimum Gasteiger partial charge on any atom is -0.467 e. The summed E-state index contributed by atoms with van der Waals surface area (Å²) in [5.74, 6) is -4.60. The van der Waals surface area contributed by atoms with Crippen LogP contribution in [-0.4, -0.2) is 169 Å². The van der Waals surface area contributed by atoms with E-state index in [1.54, 1.807) is 19.0 Å². The number of rotatable bonds is 22. The molecule has 17 nitrogen and oxygen atoms in total. The number of likely N-dealkylation sites (tertiary alicyclic amines) is 2. The van der Waals surface area contributed by atoms with E-state index < -0.39 is 96.3 Å². The molecule has 2 aromatic rings. The second-order valence-corrected chi connectivity index (χ2v) is 18.6. The Kier molecular flexibility index (Phi) is 20.3. The molecule has 2 fully saturated rings. The summed E-state index contributed by atoms with van der Waals surface area (Å²) in [6.07, 6.45) is 2.12. The monoisotopic (exact) mass is 932 g/mol. The van der Waals surface area contributed by atoms with Gasteiger partial charge < -0.3 is 39.7 Å². The van der Waals surface area contributed by atoms with E-state index in [2.05, 4.69) is 10.6 Å². The van der Waals surface area contributed by atoms with E-state index in [9.17, 15) is 38.4 Å². The predicted molar refractivity (Wildman–Crippen MR) is 252 cm³/mol. The van der Waals surface area contributed by atoms with Crippen LogP contribution in [0.2, 0.25) is 0 Å². The van der Waals surface area contributed by atoms with Crippen molar-refractivity contribution in [1.29, 1.82) is 0 Å². The molecule has 67 heavy (non-hydrogen) atoms. The highest BCUT2D eigenvalue weighted by Gasteiger charge is 2.43. The summed E-state index contributed by atoms with van der Waals surface area (Å²) in [6, 6.07) is 13.3. The van der Waals surface area contributed by atoms with E-state index in [0.717, 1.165) is 11.1 Å². The summed E-state index contributed by atoms with van der Waals surface area (Å²) in [5, 5.41) is 5.44. The lowest BCUT2D eigenvalue weighted by atomic mass is 9.99. The van der Waals surface area contributed by atoms with Crippen molar-refractivity contribution in [2.24, 2.45) is 11.8 Å². The zero-order valence-corrected chi connectivity index (χ0v) is 41.1. The normalized spacial score (nSPS) is 18.6. The first-order valence-corrected chi connectivity index (χ1v) is 23.5. The van der Waals surface area contributed by atoms with Crippen LogP contribution >= 0.6 is 0 Å². The number of ether oxygens (including phenoxy) is 2. The fraction of sp³-hybridized carbons (Fsp3) is 0.600. The molecule has 0 bridgehead atoms. The highest BCUT2D eigenvalue weighted by atomic mass is 16.6. The lowest BCUT2D eigenvalue weighted by Gasteiger charge is -2.35. The molecular formula is C50H73N7O10. The van der Waals surface area contributed by atoms with E-state index in [4.69, 9.17) is 9.47 Å². The molecule has 2 aliphatic heterocycles. The second-order valence-electron chi connectivity index (χ2n) is 18.6. The third-order valence-corrected chi connectivity index (χ3v) is 13.0. The number of esters is 2. The van der Waals surface area contributed by atoms with Gasteiger partial charge in [-0.2, -0.15) is 0 Å². The highest BCUT2D eigenvalue weighted by Crippen LogP contribution is 2.25. The number of hydrogen-bond donors (Lipinski definition) is 2. The van der Waals surface area contributed by atoms with Crippen LogP contribution in [0.1, 0.15) is 84.3 Å². The summed E-state index contributed by atoms with van der Waals surface area (Å²) in [6.45, 7) is 9.16. The number of nitrogens with one attached hydrogen (secondary N) is 2. The fourth-order valence-electron chi connectivity index (χ4n) is 8.74. The van der Waals surface area contributed by atoms with Crippen molar-refractivity contribution >= 4 is 47.4 Å². The molecule has 4 rings (SSSR count). The fourth-order valence-corrected chi connectivity index (χ4v) is 8.74. The lowest BCUT2D eigenvalue weighted by molar-refractivity contribution is -0.168. The standard InChI is InChI=1S/C50H73N7O10/c1-11-33(4)43(67-50(65)41(53(6)7)30-36-22-16-13-17-23-36)48(63)56-26-18-24-37(56)44(59)51-31-42(58)54(8)39(28-32(2)3)45(60)52-34(5)46(61)55(9)40(29-35-20-14-12-15-21-35)47(62)57-27-19-25-38(57)49(64)66-10/h12-17,20-23,32-34,37-41,43H,11,18-19,24-31H2,1-10H3,(H,51,59)(H,52,60)/t33-,34-,37-,38-,39-,40+,41-,43+/m0/s1. The van der Waals surface area contributed by atoms with Gasteiger partial charge in [0, 0.05) is 39.5 Å². The average molecular weight is 932 g/mol. The molecule has 2 aliphatic rings. The van der Waals surface area contributed by atoms with Crippen LogP contribution < -0.4 is 10.6 Å². The topological polar surface area (TPSA) is 195 Å². The zero-order chi connectivity index (χ0) is 49.5. The van der Waals surface area contributed by atoms with Gasteiger partial charge in [-0.3, -0.25) is 38.5 Å². The number of likely N-dealkylation sites (N-methyl/N-ethyl adjacent to an activating group) is 3. The van der Waals surface area contributed by atoms with Crippen LogP contribution in [0, 0.1) is 11.8 Å². The van der Waals surface area contributed by atoms with Gasteiger partial charge in [0.1, 0.15) is 36.3 Å². The molecule has 2 N–H and O–H groups in total. The molecule has 0 aromatic heterocycles. The summed E-state index contributed by atoms with van der Waals surface area (Å²) in [4.78, 5) is 117. The Morgan fingerprint density at radius 2 is 1.25 bits per heavy atom. The van der Waals surface area contributed by atoms with Crippen molar-refractivity contribution in [3.8, 4) is 0 Å². The van der Waals surface area contributed by atoms with Gasteiger partial charge in [-0.15, -0.1) is 0 Å². The van der Waals surface area contributed by atoms with Gasteiger partial charge in [-0.05, 0) is 83.0 Å². The minimum atomic E-state index is -1.12. The Morgan fingerprint density at radius 1 is 0.716 bits per heavy atom. The molecule has 0 spiro atoms. The highest BCUT2D eigenvalue weighted by molar-refractivity contribution is 5.96. The first-order chi connectivity index (χ1) is 31.8. The summed E-state index contributed by atoms with van der Waals surface area (Å²) in [5.41, 5.74) is 1.74. The van der Waals surface area contributed by atoms with E-state index in [1.807, 2.05) is 88.4 Å². The first kappa shape index (κ1) is 53.8. The van der Waals surface area contributed by atoms with Gasteiger partial charge in [-0.25, -0.2) is 4.79 Å². The average Bonchev–Trinajstić information content (AvgIpc) is 4.03. The van der Waals surface area contributed by atoms with Gasteiger partial charge >= 0.3 is 11.9 Å². The molecular weight excluding hydrogens is 859 g/mol. The zero-order valence-electron chi connectivity index (χ0n) is 41.1. The van der Waals surface area contributed by atoms with E-state index >= 15 is 0 Å². The van der Waals surface area contributed by atoms with Gasteiger partial charge in [0.25, 0.3) is 5.91 Å². The van der Waals surface area contributed by atoms with E-state index in [0.29, 0.717) is 45.1 Å². The maximum Gasteiger partial charge on any atom is 0.328 e. The Bertz CT molecular complexity index is 2020. The molecule has 368 valence electrons. The third-order valence-electron chi connectivity index (χ3n) is 13.0. The number of benzene rings is 2. The van der Waals surface area contributed by atoms with Crippen molar-refractivity contribution in [3.05, 3.63) is 71.8 Å². The molecule has 0 unspecified atom stereocenters. The second kappa shape index (κ2) is 25.3. The maximum atomic E-state index is 14.2. The number of nitrogens with zero attached hydrogens (tertiary/aromatic N) is 5. The predicted octanol–water partition coefficient (Wildman–Crippen LogP) is 2.84. The van der Waals surface area contributed by atoms with Crippen LogP contribution in [0.5, 0.6) is 0 Å². The van der Waals surface area contributed by atoms with Crippen molar-refractivity contribution in [3.63, 3.8) is 0 Å². The Balaban J connectivity index is 1.42. The number of hydrogen-bond acceptors (Lipinski definition) is 11. The Morgan fingerprint density at radius 3 is 1.78 bits per heavy atom. The van der Waals surface area contributed by atoms with Gasteiger partial charge in [-0.1, -0.05) is 88.4 Å². The van der Waals surface area contributed by atoms with E-state index in [-0.39, 0.29) is 31.2 Å². The molecule has 8 atom stereocenters. The molecule has 0 saturated carbocycles. The Hall–Kier alpha value is -5.84. The minimum absolute atomic E-state index is 0.0534. The van der Waals surface area contributed by atoms with Crippen molar-refractivity contribution in [1.82, 2.24) is 35.1 Å². The molecule has 6 amide bonds. The van der Waals surface area contributed by atoms with Gasteiger partial charge in [0.2, 0.25) is 29.5 Å². The third kappa shape index (κ3) is 14.3. The number of methoxy groups -OCH3 is 1. The number of amides is 6. The summed E-state index contributed by atoms with van der Waals surface area (Å²) < 4.78 is 11.0. The maximum absolute atomic E-state index is 14.2. The molecule has 0 radical (unpaired) electrons. The van der Waals surface area contributed by atoms with Crippen molar-refractivity contribution < 1.29 is 47.8 Å². The molecule has 0 aliphatic carbocycles. The molecule has 2 heterocycles. The van der Waals surface area contributed by atoms with Crippen LogP contribution in [0.3, 0.4) is 0 Å². The summed E-state index contributed by atoms with van der Waals surface area (Å²) in [7, 11) is 7.78. The van der Waals surface area contributed by atoms with Gasteiger partial charge in [0.15, 0.2) is 6.10 Å². The Labute approximate surface area is 396 Å². The van der Waals surface area contributed by atoms with Crippen LogP contribution in [0.4, 0.5) is 0 Å². The molecule has 2 aromatic carbocycles. The molecule has 17 heteroatoms. The van der Waals surface area contributed by atoms with Crippen LogP contribution in [0.25, 0.3) is 0 Å². The van der Waals surface area contributed by atoms with Crippen LogP contribution in [-0.2, 0) is 60.7 Å². The van der Waals surface area contributed by atoms with Crippen LogP contribution in [0.15, 0.2) is 60.7 Å². The lowest BCUT2D eigenvalue weighted by Crippen LogP contribution is -2.58. The van der Waals surface area contributed by atoms with Crippen molar-refractivity contribution in [2.75, 3.05) is 54.9 Å².